The van der Waals surface area contributed by atoms with Crippen molar-refractivity contribution in [3.63, 3.8) is 0 Å². The number of para-hydroxylation sites is 3. The van der Waals surface area contributed by atoms with Gasteiger partial charge in [-0.2, -0.15) is 0 Å². The van der Waals surface area contributed by atoms with E-state index in [1.54, 1.807) is 0 Å². The van der Waals surface area contributed by atoms with E-state index in [0.29, 0.717) is 12.1 Å². The quantitative estimate of drug-likeness (QED) is 0.162. The van der Waals surface area contributed by atoms with Crippen LogP contribution in [0.15, 0.2) is 218 Å². The summed E-state index contributed by atoms with van der Waals surface area (Å²) in [4.78, 5) is 0. The maximum atomic E-state index is 8.61. The average molecular weight is 715 g/mol. The lowest BCUT2D eigenvalue weighted by Gasteiger charge is -2.14. The third kappa shape index (κ3) is 5.34. The van der Waals surface area contributed by atoms with Crippen molar-refractivity contribution in [2.24, 2.45) is 0 Å². The van der Waals surface area contributed by atoms with Gasteiger partial charge in [0, 0.05) is 32.9 Å². The number of benzene rings is 9. The molecule has 0 fully saturated rings. The van der Waals surface area contributed by atoms with Crippen LogP contribution in [0.4, 0.5) is 0 Å². The van der Waals surface area contributed by atoms with E-state index < -0.39 is 0 Å². The predicted octanol–water partition coefficient (Wildman–Crippen LogP) is 14.5. The number of nitrogens with zero attached hydrogens (tertiary/aromatic N) is 2. The monoisotopic (exact) mass is 714 g/mol. The molecule has 11 aromatic rings. The van der Waals surface area contributed by atoms with Gasteiger partial charge >= 0.3 is 0 Å². The summed E-state index contributed by atoms with van der Waals surface area (Å²) in [6.45, 7) is 0. The van der Waals surface area contributed by atoms with Gasteiger partial charge in [0.15, 0.2) is 0 Å². The highest BCUT2D eigenvalue weighted by Gasteiger charge is 2.17. The maximum absolute atomic E-state index is 8.61. The summed E-state index contributed by atoms with van der Waals surface area (Å²) >= 11 is 0. The van der Waals surface area contributed by atoms with Crippen molar-refractivity contribution in [3.05, 3.63) is 218 Å². The summed E-state index contributed by atoms with van der Waals surface area (Å²) in [7, 11) is 0. The van der Waals surface area contributed by atoms with Gasteiger partial charge in [-0.3, -0.25) is 0 Å². The largest absolute Gasteiger partial charge is 0.309 e. The van der Waals surface area contributed by atoms with Crippen LogP contribution in [0.2, 0.25) is 0 Å². The minimum absolute atomic E-state index is 0.493. The number of rotatable bonds is 6. The second kappa shape index (κ2) is 13.2. The molecule has 2 heterocycles. The molecule has 262 valence electrons. The van der Waals surface area contributed by atoms with Gasteiger partial charge in [-0.15, -0.1) is 0 Å². The molecule has 56 heavy (non-hydrogen) atoms. The molecule has 0 unspecified atom stereocenters. The molecule has 0 aliphatic heterocycles. The summed E-state index contributed by atoms with van der Waals surface area (Å²) < 4.78 is 21.7. The van der Waals surface area contributed by atoms with Crippen LogP contribution in [0.1, 0.15) is 2.74 Å². The highest BCUT2D eigenvalue weighted by molar-refractivity contribution is 6.12. The van der Waals surface area contributed by atoms with Crippen LogP contribution in [0.25, 0.3) is 99.5 Å². The minimum Gasteiger partial charge on any atom is -0.309 e. The van der Waals surface area contributed by atoms with Crippen molar-refractivity contribution in [1.29, 1.82) is 0 Å². The molecule has 2 nitrogen and oxygen atoms in total. The fourth-order valence-electron chi connectivity index (χ4n) is 8.50. The van der Waals surface area contributed by atoms with Gasteiger partial charge in [-0.25, -0.2) is 0 Å². The fraction of sp³-hybridized carbons (Fsp3) is 0. The van der Waals surface area contributed by atoms with E-state index in [9.17, 15) is 0 Å². The summed E-state index contributed by atoms with van der Waals surface area (Å²) in [6, 6.07) is 73.5. The summed E-state index contributed by atoms with van der Waals surface area (Å²) in [5, 5.41) is 4.39. The molecule has 0 N–H and O–H groups in total. The van der Waals surface area contributed by atoms with Crippen LogP contribution in [-0.4, -0.2) is 9.13 Å². The molecule has 0 saturated heterocycles. The van der Waals surface area contributed by atoms with Crippen LogP contribution >= 0.6 is 0 Å². The normalized spacial score (nSPS) is 12.1. The Kier molecular flexibility index (Phi) is 7.04. The number of hydrogen-bond acceptors (Lipinski definition) is 0. The standard InChI is InChI=1S/C54H36N2/c1-4-14-37(15-5-1)43-32-44(38-16-6-2-7-17-38)34-46(33-43)56-52-23-13-11-21-48(52)50-36-42(29-31-54(50)56)40-26-24-39(25-27-40)41-28-30-53-49(35-41)47-20-10-12-22-51(47)55(53)45-18-8-3-9-19-45/h1-36H/i10D,11D. The van der Waals surface area contributed by atoms with Crippen molar-refractivity contribution in [1.82, 2.24) is 9.13 Å². The second-order valence-electron chi connectivity index (χ2n) is 14.4. The second-order valence-corrected chi connectivity index (χ2v) is 14.4. The zero-order chi connectivity index (χ0) is 38.7. The Bertz CT molecular complexity index is 3270. The van der Waals surface area contributed by atoms with Crippen molar-refractivity contribution < 1.29 is 2.74 Å². The Hall–Kier alpha value is -7.42. The first kappa shape index (κ1) is 30.0. The lowest BCUT2D eigenvalue weighted by molar-refractivity contribution is 1.18. The molecule has 11 rings (SSSR count). The SMILES string of the molecule is [2H]c1ccc2c(c1)c1cc(-c3ccc(-c4ccc5c(c4)c4cc([2H])ccc4n5-c4cc(-c5ccccc5)cc(-c5ccccc5)c4)cc3)ccc1n2-c1ccccc1. The van der Waals surface area contributed by atoms with E-state index in [1.165, 1.54) is 11.1 Å². The third-order valence-corrected chi connectivity index (χ3v) is 11.2. The first-order chi connectivity index (χ1) is 28.6. The molecule has 0 aliphatic rings. The lowest BCUT2D eigenvalue weighted by atomic mass is 9.97. The fourth-order valence-corrected chi connectivity index (χ4v) is 8.50. The van der Waals surface area contributed by atoms with Gasteiger partial charge in [0.25, 0.3) is 0 Å². The number of hydrogen-bond donors (Lipinski definition) is 0. The van der Waals surface area contributed by atoms with Crippen LogP contribution < -0.4 is 0 Å². The van der Waals surface area contributed by atoms with E-state index in [0.717, 1.165) is 88.4 Å². The van der Waals surface area contributed by atoms with Crippen LogP contribution in [0, 0.1) is 0 Å². The minimum atomic E-state index is 0.493. The van der Waals surface area contributed by atoms with Gasteiger partial charge < -0.3 is 9.13 Å². The zero-order valence-electron chi connectivity index (χ0n) is 32.5. The average Bonchev–Trinajstić information content (AvgIpc) is 3.78. The molecule has 0 atom stereocenters. The molecular weight excluding hydrogens is 677 g/mol. The Morgan fingerprint density at radius 3 is 1.12 bits per heavy atom. The van der Waals surface area contributed by atoms with Gasteiger partial charge in [0.1, 0.15) is 0 Å². The van der Waals surface area contributed by atoms with E-state index in [1.807, 2.05) is 30.3 Å². The lowest BCUT2D eigenvalue weighted by Crippen LogP contribution is -1.96. The van der Waals surface area contributed by atoms with Crippen molar-refractivity contribution in [3.8, 4) is 55.9 Å². The molecule has 2 aromatic heterocycles. The molecule has 0 amide bonds. The predicted molar refractivity (Wildman–Crippen MR) is 237 cm³/mol. The van der Waals surface area contributed by atoms with Crippen LogP contribution in [0.3, 0.4) is 0 Å². The Morgan fingerprint density at radius 1 is 0.250 bits per heavy atom. The molecule has 0 radical (unpaired) electrons. The van der Waals surface area contributed by atoms with Crippen LogP contribution in [0.5, 0.6) is 0 Å². The Balaban J connectivity index is 1.01. The van der Waals surface area contributed by atoms with Gasteiger partial charge in [0.05, 0.1) is 24.8 Å². The first-order valence-corrected chi connectivity index (χ1v) is 19.1. The van der Waals surface area contributed by atoms with Gasteiger partial charge in [0.2, 0.25) is 0 Å². The summed E-state index contributed by atoms with van der Waals surface area (Å²) in [6.07, 6.45) is 0. The topological polar surface area (TPSA) is 9.86 Å². The van der Waals surface area contributed by atoms with Gasteiger partial charge in [-0.05, 0) is 111 Å². The van der Waals surface area contributed by atoms with Crippen LogP contribution in [-0.2, 0) is 0 Å². The Morgan fingerprint density at radius 2 is 0.643 bits per heavy atom. The molecule has 0 bridgehead atoms. The van der Waals surface area contributed by atoms with Crippen molar-refractivity contribution >= 4 is 43.6 Å². The van der Waals surface area contributed by atoms with E-state index in [2.05, 4.69) is 185 Å². The maximum Gasteiger partial charge on any atom is 0.0623 e. The Labute approximate surface area is 328 Å². The van der Waals surface area contributed by atoms with E-state index in [4.69, 9.17) is 2.74 Å². The summed E-state index contributed by atoms with van der Waals surface area (Å²) in [5.74, 6) is 0. The van der Waals surface area contributed by atoms with E-state index in [-0.39, 0.29) is 0 Å². The number of aromatic nitrogens is 2. The molecule has 0 saturated carbocycles. The summed E-state index contributed by atoms with van der Waals surface area (Å²) in [5.41, 5.74) is 15.8. The van der Waals surface area contributed by atoms with E-state index >= 15 is 0 Å². The molecule has 0 aliphatic carbocycles. The van der Waals surface area contributed by atoms with Crippen molar-refractivity contribution in [2.75, 3.05) is 0 Å². The third-order valence-electron chi connectivity index (χ3n) is 11.2. The first-order valence-electron chi connectivity index (χ1n) is 20.1. The molecule has 9 aromatic carbocycles. The zero-order valence-corrected chi connectivity index (χ0v) is 30.5. The molecule has 2 heteroatoms. The highest BCUT2D eigenvalue weighted by Crippen LogP contribution is 2.39. The highest BCUT2D eigenvalue weighted by atomic mass is 15.0. The molecular formula is C54H36N2. The smallest absolute Gasteiger partial charge is 0.0623 e. The number of fused-ring (bicyclic) bond motifs is 6. The molecule has 0 spiro atoms. The van der Waals surface area contributed by atoms with Crippen molar-refractivity contribution in [2.45, 2.75) is 0 Å². The van der Waals surface area contributed by atoms with Gasteiger partial charge in [-0.1, -0.05) is 152 Å².